The minimum Gasteiger partial charge on any atom is -0.314 e. The van der Waals surface area contributed by atoms with Gasteiger partial charge >= 0.3 is 0 Å². The number of hydrogen-bond acceptors (Lipinski definition) is 8. The number of rotatable bonds is 4. The number of aromatic nitrogens is 3. The van der Waals surface area contributed by atoms with Gasteiger partial charge in [0.1, 0.15) is 11.7 Å². The SMILES string of the molecule is O=C1CCC(N2C(=O)c3cccc(-n4cc(C5(N6CCNCC6)CCC5)nn4)c3C2=O)C(=O)N1. The van der Waals surface area contributed by atoms with Crippen molar-refractivity contribution in [3.63, 3.8) is 0 Å². The fraction of sp³-hybridized carbons (Fsp3) is 0.478. The van der Waals surface area contributed by atoms with Crippen LogP contribution in [0.4, 0.5) is 0 Å². The molecule has 34 heavy (non-hydrogen) atoms. The fourth-order valence-corrected chi connectivity index (χ4v) is 5.62. The van der Waals surface area contributed by atoms with Crippen LogP contribution in [0, 0.1) is 0 Å². The maximum atomic E-state index is 13.4. The van der Waals surface area contributed by atoms with E-state index < -0.39 is 29.7 Å². The molecule has 2 saturated heterocycles. The van der Waals surface area contributed by atoms with E-state index in [4.69, 9.17) is 0 Å². The van der Waals surface area contributed by atoms with Crippen molar-refractivity contribution in [2.45, 2.75) is 43.7 Å². The average molecular weight is 463 g/mol. The normalized spacial score (nSPS) is 24.7. The van der Waals surface area contributed by atoms with Gasteiger partial charge in [0.05, 0.1) is 28.6 Å². The van der Waals surface area contributed by atoms with Crippen LogP contribution in [0.2, 0.25) is 0 Å². The van der Waals surface area contributed by atoms with Gasteiger partial charge in [0.25, 0.3) is 11.8 Å². The van der Waals surface area contributed by atoms with Crippen molar-refractivity contribution < 1.29 is 19.2 Å². The molecule has 1 aromatic heterocycles. The third-order valence-corrected chi connectivity index (χ3v) is 7.57. The lowest BCUT2D eigenvalue weighted by Gasteiger charge is -2.50. The summed E-state index contributed by atoms with van der Waals surface area (Å²) in [5, 5.41) is 14.5. The maximum Gasteiger partial charge on any atom is 0.264 e. The molecule has 6 rings (SSSR count). The van der Waals surface area contributed by atoms with Crippen LogP contribution >= 0.6 is 0 Å². The monoisotopic (exact) mass is 463 g/mol. The molecule has 4 heterocycles. The van der Waals surface area contributed by atoms with Gasteiger partial charge in [-0.05, 0) is 37.8 Å². The second kappa shape index (κ2) is 7.81. The Morgan fingerprint density at radius 3 is 2.53 bits per heavy atom. The minimum absolute atomic E-state index is 0.0806. The van der Waals surface area contributed by atoms with Gasteiger partial charge in [-0.3, -0.25) is 34.3 Å². The van der Waals surface area contributed by atoms with Crippen LogP contribution in [-0.4, -0.2) is 80.6 Å². The Balaban J connectivity index is 1.34. The number of nitrogens with zero attached hydrogens (tertiary/aromatic N) is 5. The van der Waals surface area contributed by atoms with Crippen molar-refractivity contribution in [2.24, 2.45) is 0 Å². The first-order valence-corrected chi connectivity index (χ1v) is 11.7. The van der Waals surface area contributed by atoms with Crippen molar-refractivity contribution in [1.29, 1.82) is 0 Å². The van der Waals surface area contributed by atoms with E-state index >= 15 is 0 Å². The molecule has 0 bridgehead atoms. The van der Waals surface area contributed by atoms with E-state index in [-0.39, 0.29) is 29.5 Å². The van der Waals surface area contributed by atoms with Crippen LogP contribution < -0.4 is 10.6 Å². The van der Waals surface area contributed by atoms with Gasteiger partial charge < -0.3 is 5.32 Å². The van der Waals surface area contributed by atoms with E-state index in [1.54, 1.807) is 22.9 Å². The number of imide groups is 2. The van der Waals surface area contributed by atoms with Gasteiger partial charge in [0.15, 0.2) is 0 Å². The van der Waals surface area contributed by atoms with Gasteiger partial charge in [-0.1, -0.05) is 11.3 Å². The second-order valence-corrected chi connectivity index (χ2v) is 9.32. The van der Waals surface area contributed by atoms with Crippen LogP contribution in [-0.2, 0) is 15.1 Å². The first-order valence-electron chi connectivity index (χ1n) is 11.7. The first-order chi connectivity index (χ1) is 16.5. The molecular formula is C23H25N7O4. The number of piperazine rings is 1. The zero-order chi connectivity index (χ0) is 23.4. The lowest BCUT2D eigenvalue weighted by Crippen LogP contribution is -2.57. The van der Waals surface area contributed by atoms with E-state index in [1.807, 2.05) is 6.20 Å². The van der Waals surface area contributed by atoms with E-state index in [1.165, 1.54) is 0 Å². The molecule has 1 aliphatic carbocycles. The number of piperidine rings is 1. The summed E-state index contributed by atoms with van der Waals surface area (Å²) in [7, 11) is 0. The number of nitrogens with one attached hydrogen (secondary N) is 2. The summed E-state index contributed by atoms with van der Waals surface area (Å²) in [5.74, 6) is -2.11. The largest absolute Gasteiger partial charge is 0.314 e. The summed E-state index contributed by atoms with van der Waals surface area (Å²) in [5.41, 5.74) is 1.62. The van der Waals surface area contributed by atoms with Gasteiger partial charge in [-0.25, -0.2) is 4.68 Å². The second-order valence-electron chi connectivity index (χ2n) is 9.32. The molecule has 1 aromatic carbocycles. The molecule has 11 heteroatoms. The molecule has 3 fully saturated rings. The molecular weight excluding hydrogens is 438 g/mol. The van der Waals surface area contributed by atoms with Gasteiger partial charge in [0.2, 0.25) is 11.8 Å². The van der Waals surface area contributed by atoms with Gasteiger partial charge in [-0.15, -0.1) is 5.10 Å². The zero-order valence-corrected chi connectivity index (χ0v) is 18.6. The third-order valence-electron chi connectivity index (χ3n) is 7.57. The number of amides is 4. The Hall–Kier alpha value is -3.44. The summed E-state index contributed by atoms with van der Waals surface area (Å²) in [6, 6.07) is 4.01. The van der Waals surface area contributed by atoms with Crippen LogP contribution in [0.5, 0.6) is 0 Å². The van der Waals surface area contributed by atoms with Crippen LogP contribution in [0.3, 0.4) is 0 Å². The predicted octanol–water partition coefficient (Wildman–Crippen LogP) is -0.0471. The summed E-state index contributed by atoms with van der Waals surface area (Å²) in [6.07, 6.45) is 5.22. The van der Waals surface area contributed by atoms with Crippen molar-refractivity contribution in [1.82, 2.24) is 35.4 Å². The molecule has 11 nitrogen and oxygen atoms in total. The Labute approximate surface area is 195 Å². The quantitative estimate of drug-likeness (QED) is 0.604. The zero-order valence-electron chi connectivity index (χ0n) is 18.6. The van der Waals surface area contributed by atoms with Crippen molar-refractivity contribution in [3.8, 4) is 5.69 Å². The van der Waals surface area contributed by atoms with Crippen LogP contribution in [0.15, 0.2) is 24.4 Å². The minimum atomic E-state index is -1.00. The fourth-order valence-electron chi connectivity index (χ4n) is 5.62. The van der Waals surface area contributed by atoms with E-state index in [2.05, 4.69) is 25.8 Å². The third kappa shape index (κ3) is 3.03. The maximum absolute atomic E-state index is 13.4. The average Bonchev–Trinajstić information content (AvgIpc) is 3.38. The van der Waals surface area contributed by atoms with Crippen LogP contribution in [0.1, 0.15) is 58.5 Å². The van der Waals surface area contributed by atoms with E-state index in [9.17, 15) is 19.2 Å². The standard InChI is InChI=1S/C23H25N7O4/c31-18-6-5-16(20(32)25-18)30-21(33)14-3-1-4-15(19(14)22(30)34)29-13-17(26-27-29)23(7-2-8-23)28-11-9-24-10-12-28/h1,3-4,13,16,24H,2,5-12H2,(H,25,31,32). The number of carbonyl (C=O) groups excluding carboxylic acids is 4. The molecule has 1 unspecified atom stereocenters. The highest BCUT2D eigenvalue weighted by atomic mass is 16.2. The lowest BCUT2D eigenvalue weighted by molar-refractivity contribution is -0.136. The highest BCUT2D eigenvalue weighted by molar-refractivity contribution is 6.24. The Bertz CT molecular complexity index is 1210. The smallest absolute Gasteiger partial charge is 0.264 e. The van der Waals surface area contributed by atoms with Crippen molar-refractivity contribution in [3.05, 3.63) is 41.2 Å². The first kappa shape index (κ1) is 21.1. The van der Waals surface area contributed by atoms with Gasteiger partial charge in [0, 0.05) is 32.6 Å². The molecule has 4 amide bonds. The lowest BCUT2D eigenvalue weighted by atomic mass is 9.73. The summed E-state index contributed by atoms with van der Waals surface area (Å²) in [6.45, 7) is 3.77. The molecule has 3 aliphatic heterocycles. The Kier molecular flexibility index (Phi) is 4.85. The predicted molar refractivity (Wildman–Crippen MR) is 118 cm³/mol. The van der Waals surface area contributed by atoms with Crippen molar-refractivity contribution >= 4 is 23.6 Å². The summed E-state index contributed by atoms with van der Waals surface area (Å²) < 4.78 is 1.57. The summed E-state index contributed by atoms with van der Waals surface area (Å²) >= 11 is 0. The topological polar surface area (TPSA) is 130 Å². The molecule has 2 aromatic rings. The van der Waals surface area contributed by atoms with Crippen LogP contribution in [0.25, 0.3) is 5.69 Å². The van der Waals surface area contributed by atoms with Gasteiger partial charge in [-0.2, -0.15) is 0 Å². The van der Waals surface area contributed by atoms with Crippen molar-refractivity contribution in [2.75, 3.05) is 26.2 Å². The molecule has 1 atom stereocenters. The molecule has 2 N–H and O–H groups in total. The molecule has 0 radical (unpaired) electrons. The summed E-state index contributed by atoms with van der Waals surface area (Å²) in [4.78, 5) is 53.9. The molecule has 4 aliphatic rings. The Morgan fingerprint density at radius 1 is 1.03 bits per heavy atom. The Morgan fingerprint density at radius 2 is 1.82 bits per heavy atom. The molecule has 1 saturated carbocycles. The number of benzene rings is 1. The van der Waals surface area contributed by atoms with E-state index in [0.29, 0.717) is 5.69 Å². The number of hydrogen-bond donors (Lipinski definition) is 2. The molecule has 176 valence electrons. The highest BCUT2D eigenvalue weighted by Gasteiger charge is 2.48. The number of fused-ring (bicyclic) bond motifs is 1. The highest BCUT2D eigenvalue weighted by Crippen LogP contribution is 2.46. The van der Waals surface area contributed by atoms with E-state index in [0.717, 1.165) is 56.0 Å². The molecule has 0 spiro atoms. The number of carbonyl (C=O) groups is 4.